The maximum absolute atomic E-state index is 14.1. The zero-order chi connectivity index (χ0) is 24.1. The first-order chi connectivity index (χ1) is 16.3. The Labute approximate surface area is 202 Å². The molecule has 3 aromatic rings. The van der Waals surface area contributed by atoms with Gasteiger partial charge in [-0.3, -0.25) is 19.7 Å². The van der Waals surface area contributed by atoms with Crippen LogP contribution in [0.1, 0.15) is 18.1 Å². The summed E-state index contributed by atoms with van der Waals surface area (Å²) in [5.41, 5.74) is -0.606. The molecule has 0 aromatic heterocycles. The lowest BCUT2D eigenvalue weighted by Crippen LogP contribution is -2.58. The Balaban J connectivity index is 1.79. The van der Waals surface area contributed by atoms with Crippen molar-refractivity contribution in [3.05, 3.63) is 101 Å². The number of fused-ring (bicyclic) bond motifs is 1. The minimum atomic E-state index is -1.45. The van der Waals surface area contributed by atoms with Crippen molar-refractivity contribution in [1.82, 2.24) is 5.32 Å². The molecule has 3 aromatic carbocycles. The number of hydrogen-bond acceptors (Lipinski definition) is 5. The highest BCUT2D eigenvalue weighted by Crippen LogP contribution is 2.55. The molecule has 1 N–H and O–H groups in total. The van der Waals surface area contributed by atoms with Gasteiger partial charge in [0, 0.05) is 5.02 Å². The molecule has 0 aliphatic carbocycles. The molecule has 0 unspecified atom stereocenters. The fraction of sp³-hybridized carbons (Fsp3) is 0.222. The number of imide groups is 1. The molecule has 34 heavy (non-hydrogen) atoms. The second kappa shape index (κ2) is 8.08. The summed E-state index contributed by atoms with van der Waals surface area (Å²) in [4.78, 5) is 42.4. The third kappa shape index (κ3) is 3.02. The molecule has 0 radical (unpaired) electrons. The lowest BCUT2D eigenvalue weighted by molar-refractivity contribution is -0.151. The molecule has 0 spiro atoms. The molecule has 2 aliphatic rings. The number of nitrogens with one attached hydrogen (secondary N) is 1. The van der Waals surface area contributed by atoms with Crippen molar-refractivity contribution in [2.75, 3.05) is 12.0 Å². The Morgan fingerprint density at radius 2 is 1.35 bits per heavy atom. The van der Waals surface area contributed by atoms with E-state index in [1.807, 2.05) is 60.7 Å². The Hall–Kier alpha value is -3.48. The van der Waals surface area contributed by atoms with Crippen LogP contribution < -0.4 is 10.2 Å². The van der Waals surface area contributed by atoms with E-state index in [2.05, 4.69) is 5.32 Å². The smallest absolute Gasteiger partial charge is 0.326 e. The van der Waals surface area contributed by atoms with Gasteiger partial charge in [0.1, 0.15) is 5.54 Å². The first kappa shape index (κ1) is 22.3. The molecule has 2 saturated heterocycles. The van der Waals surface area contributed by atoms with E-state index in [-0.39, 0.29) is 5.91 Å². The van der Waals surface area contributed by atoms with Gasteiger partial charge in [0.2, 0.25) is 11.8 Å². The van der Waals surface area contributed by atoms with Gasteiger partial charge >= 0.3 is 5.97 Å². The number of methoxy groups -OCH3 is 1. The van der Waals surface area contributed by atoms with Crippen molar-refractivity contribution in [3.8, 4) is 0 Å². The van der Waals surface area contributed by atoms with E-state index >= 15 is 0 Å². The van der Waals surface area contributed by atoms with Gasteiger partial charge in [0.15, 0.2) is 0 Å². The number of halogens is 1. The molecule has 6 nitrogen and oxygen atoms in total. The summed E-state index contributed by atoms with van der Waals surface area (Å²) in [6.45, 7) is 1.64. The molecule has 2 fully saturated rings. The van der Waals surface area contributed by atoms with E-state index in [0.29, 0.717) is 10.7 Å². The van der Waals surface area contributed by atoms with Crippen molar-refractivity contribution in [3.63, 3.8) is 0 Å². The van der Waals surface area contributed by atoms with Crippen LogP contribution >= 0.6 is 11.6 Å². The van der Waals surface area contributed by atoms with E-state index in [1.165, 1.54) is 12.0 Å². The molecule has 172 valence electrons. The van der Waals surface area contributed by atoms with Crippen LogP contribution in [-0.4, -0.2) is 30.4 Å². The zero-order valence-electron chi connectivity index (χ0n) is 18.7. The molecule has 2 heterocycles. The number of carbonyl (C=O) groups excluding carboxylic acids is 3. The monoisotopic (exact) mass is 474 g/mol. The van der Waals surface area contributed by atoms with Crippen LogP contribution in [0.3, 0.4) is 0 Å². The third-order valence-corrected chi connectivity index (χ3v) is 7.26. The van der Waals surface area contributed by atoms with Crippen LogP contribution in [0.15, 0.2) is 84.9 Å². The predicted molar refractivity (Wildman–Crippen MR) is 128 cm³/mol. The minimum absolute atomic E-state index is 0.384. The van der Waals surface area contributed by atoms with Crippen molar-refractivity contribution >= 4 is 35.1 Å². The second-order valence-corrected chi connectivity index (χ2v) is 9.24. The third-order valence-electron chi connectivity index (χ3n) is 7.00. The first-order valence-electron chi connectivity index (χ1n) is 11.0. The average molecular weight is 475 g/mol. The highest BCUT2D eigenvalue weighted by molar-refractivity contribution is 6.31. The lowest BCUT2D eigenvalue weighted by atomic mass is 9.70. The lowest BCUT2D eigenvalue weighted by Gasteiger charge is -2.38. The number of anilines is 1. The fourth-order valence-electron chi connectivity index (χ4n) is 5.56. The molecular formula is C27H23ClN2O4. The summed E-state index contributed by atoms with van der Waals surface area (Å²) in [6, 6.07) is 25.4. The van der Waals surface area contributed by atoms with Gasteiger partial charge in [-0.25, -0.2) is 4.90 Å². The fourth-order valence-corrected chi connectivity index (χ4v) is 5.69. The molecule has 2 aliphatic heterocycles. The molecule has 0 bridgehead atoms. The zero-order valence-corrected chi connectivity index (χ0v) is 19.5. The molecule has 3 atom stereocenters. The number of amides is 2. The second-order valence-electron chi connectivity index (χ2n) is 8.80. The maximum atomic E-state index is 14.1. The number of nitrogens with zero attached hydrogens (tertiary/aromatic N) is 1. The maximum Gasteiger partial charge on any atom is 0.326 e. The predicted octanol–water partition coefficient (Wildman–Crippen LogP) is 3.92. The Morgan fingerprint density at radius 3 is 1.85 bits per heavy atom. The number of ether oxygens (including phenoxy) is 1. The summed E-state index contributed by atoms with van der Waals surface area (Å²) in [5, 5.41) is 3.94. The first-order valence-corrected chi connectivity index (χ1v) is 11.3. The SMILES string of the molecule is COC(=O)[C@]1(C)NC(c2ccccc2)(c2ccccc2)[C@H]2C(=O)N(c3ccc(Cl)cc3)C(=O)[C@@H]21. The van der Waals surface area contributed by atoms with Gasteiger partial charge in [0.25, 0.3) is 0 Å². The molecule has 2 amide bonds. The van der Waals surface area contributed by atoms with Crippen LogP contribution in [0.4, 0.5) is 5.69 Å². The van der Waals surface area contributed by atoms with E-state index in [1.54, 1.807) is 31.2 Å². The molecule has 5 rings (SSSR count). The van der Waals surface area contributed by atoms with Gasteiger partial charge in [-0.1, -0.05) is 72.3 Å². The van der Waals surface area contributed by atoms with Crippen LogP contribution in [0.2, 0.25) is 5.02 Å². The number of hydrogen-bond donors (Lipinski definition) is 1. The van der Waals surface area contributed by atoms with Gasteiger partial charge in [-0.15, -0.1) is 0 Å². The summed E-state index contributed by atoms with van der Waals surface area (Å²) in [7, 11) is 1.29. The summed E-state index contributed by atoms with van der Waals surface area (Å²) in [5.74, 6) is -3.31. The molecule has 7 heteroatoms. The van der Waals surface area contributed by atoms with E-state index in [0.717, 1.165) is 11.1 Å². The Kier molecular flexibility index (Phi) is 5.30. The van der Waals surface area contributed by atoms with Crippen molar-refractivity contribution in [2.45, 2.75) is 18.0 Å². The van der Waals surface area contributed by atoms with Gasteiger partial charge < -0.3 is 4.74 Å². The topological polar surface area (TPSA) is 75.7 Å². The quantitative estimate of drug-likeness (QED) is 0.458. The van der Waals surface area contributed by atoms with Gasteiger partial charge in [-0.05, 0) is 42.3 Å². The van der Waals surface area contributed by atoms with Crippen LogP contribution in [0, 0.1) is 11.8 Å². The van der Waals surface area contributed by atoms with Crippen LogP contribution in [0.5, 0.6) is 0 Å². The van der Waals surface area contributed by atoms with Gasteiger partial charge in [0.05, 0.1) is 30.2 Å². The van der Waals surface area contributed by atoms with Crippen molar-refractivity contribution < 1.29 is 19.1 Å². The highest BCUT2D eigenvalue weighted by atomic mass is 35.5. The summed E-state index contributed by atoms with van der Waals surface area (Å²) in [6.07, 6.45) is 0. The standard InChI is InChI=1S/C27H23ClN2O4/c1-26(25(33)34-2)21-22(24(32)30(23(21)31)20-15-13-19(28)14-16-20)27(29-26,17-9-5-3-6-10-17)18-11-7-4-8-12-18/h3-16,21-22,29H,1-2H3/t21-,22-,26-/m1/s1. The largest absolute Gasteiger partial charge is 0.468 e. The summed E-state index contributed by atoms with van der Waals surface area (Å²) < 4.78 is 5.15. The normalized spacial score (nSPS) is 25.3. The number of benzene rings is 3. The van der Waals surface area contributed by atoms with E-state index in [9.17, 15) is 14.4 Å². The number of esters is 1. The van der Waals surface area contributed by atoms with E-state index in [4.69, 9.17) is 16.3 Å². The summed E-state index contributed by atoms with van der Waals surface area (Å²) >= 11 is 6.04. The van der Waals surface area contributed by atoms with E-state index < -0.39 is 34.8 Å². The highest BCUT2D eigenvalue weighted by Gasteiger charge is 2.73. The van der Waals surface area contributed by atoms with Crippen LogP contribution in [-0.2, 0) is 24.7 Å². The number of carbonyl (C=O) groups is 3. The van der Waals surface area contributed by atoms with Crippen LogP contribution in [0.25, 0.3) is 0 Å². The van der Waals surface area contributed by atoms with Crippen molar-refractivity contribution in [1.29, 1.82) is 0 Å². The average Bonchev–Trinajstić information content (AvgIpc) is 3.31. The van der Waals surface area contributed by atoms with Crippen molar-refractivity contribution in [2.24, 2.45) is 11.8 Å². The minimum Gasteiger partial charge on any atom is -0.468 e. The molecule has 0 saturated carbocycles. The van der Waals surface area contributed by atoms with Gasteiger partial charge in [-0.2, -0.15) is 0 Å². The Bertz CT molecular complexity index is 1220. The molecular weight excluding hydrogens is 452 g/mol. The number of rotatable bonds is 4. The Morgan fingerprint density at radius 1 is 0.853 bits per heavy atom.